The topological polar surface area (TPSA) is 57.7 Å². The fourth-order valence-corrected chi connectivity index (χ4v) is 5.79. The number of carbonyl (C=O) groups is 1. The van der Waals surface area contributed by atoms with Crippen LogP contribution in [0.1, 0.15) is 30.9 Å². The second-order valence-corrected chi connectivity index (χ2v) is 8.89. The van der Waals surface area contributed by atoms with E-state index in [0.717, 1.165) is 35.3 Å². The van der Waals surface area contributed by atoms with Crippen molar-refractivity contribution in [3.8, 4) is 0 Å². The molecule has 0 radical (unpaired) electrons. The molecule has 2 aromatic carbocycles. The number of benzene rings is 2. The third-order valence-electron chi connectivity index (χ3n) is 5.23. The van der Waals surface area contributed by atoms with Crippen LogP contribution in [0.15, 0.2) is 47.4 Å². The number of fused-ring (bicyclic) bond motifs is 1. The summed E-state index contributed by atoms with van der Waals surface area (Å²) in [6, 6.07) is 12.6. The largest absolute Gasteiger partial charge is 0.312 e. The van der Waals surface area contributed by atoms with Crippen molar-refractivity contribution in [1.82, 2.24) is 0 Å². The van der Waals surface area contributed by atoms with Gasteiger partial charge >= 0.3 is 0 Å². The normalized spacial score (nSPS) is 19.9. The first-order chi connectivity index (χ1) is 12.4. The number of aryl methyl sites for hydroxylation is 1. The predicted molar refractivity (Wildman–Crippen MR) is 102 cm³/mol. The van der Waals surface area contributed by atoms with Gasteiger partial charge in [-0.3, -0.25) is 9.10 Å². The number of carbonyl (C=O) groups excluding carboxylic acids is 1. The van der Waals surface area contributed by atoms with Crippen molar-refractivity contribution in [1.29, 1.82) is 0 Å². The molecule has 1 fully saturated rings. The predicted octanol–water partition coefficient (Wildman–Crippen LogP) is 3.26. The monoisotopic (exact) mass is 370 g/mol. The number of sulfonamides is 1. The van der Waals surface area contributed by atoms with Crippen LogP contribution < -0.4 is 9.21 Å². The molecule has 0 N–H and O–H groups in total. The molecular formula is C20H22N2O3S. The minimum absolute atomic E-state index is 0.103. The second-order valence-electron chi connectivity index (χ2n) is 7.08. The van der Waals surface area contributed by atoms with Crippen molar-refractivity contribution >= 4 is 27.3 Å². The molecule has 26 heavy (non-hydrogen) atoms. The maximum absolute atomic E-state index is 13.3. The van der Waals surface area contributed by atoms with Crippen LogP contribution >= 0.6 is 0 Å². The van der Waals surface area contributed by atoms with E-state index in [2.05, 4.69) is 0 Å². The Morgan fingerprint density at radius 3 is 2.54 bits per heavy atom. The number of hydrogen-bond acceptors (Lipinski definition) is 3. The SMILES string of the molecule is Cc1cc(S(=O)(=O)N2c3ccccc3C[C@H]2C)ccc1N1CCCC1=O. The third kappa shape index (κ3) is 2.60. The highest BCUT2D eigenvalue weighted by molar-refractivity contribution is 7.92. The van der Waals surface area contributed by atoms with Crippen molar-refractivity contribution in [3.05, 3.63) is 53.6 Å². The molecule has 5 nitrogen and oxygen atoms in total. The average Bonchev–Trinajstić information content (AvgIpc) is 3.17. The number of amides is 1. The van der Waals surface area contributed by atoms with Gasteiger partial charge in [-0.1, -0.05) is 18.2 Å². The van der Waals surface area contributed by atoms with Crippen molar-refractivity contribution in [3.63, 3.8) is 0 Å². The summed E-state index contributed by atoms with van der Waals surface area (Å²) >= 11 is 0. The molecule has 2 heterocycles. The molecule has 1 amide bonds. The lowest BCUT2D eigenvalue weighted by molar-refractivity contribution is -0.117. The minimum atomic E-state index is -3.65. The van der Waals surface area contributed by atoms with E-state index in [1.54, 1.807) is 23.1 Å². The molecule has 6 heteroatoms. The molecule has 4 rings (SSSR count). The molecule has 0 spiro atoms. The molecule has 2 aromatic rings. The lowest BCUT2D eigenvalue weighted by Crippen LogP contribution is -2.35. The van der Waals surface area contributed by atoms with E-state index < -0.39 is 10.0 Å². The molecule has 2 aliphatic heterocycles. The average molecular weight is 370 g/mol. The van der Waals surface area contributed by atoms with Crippen LogP contribution in [0.3, 0.4) is 0 Å². The molecule has 1 atom stereocenters. The Balaban J connectivity index is 1.73. The van der Waals surface area contributed by atoms with Gasteiger partial charge in [0, 0.05) is 24.7 Å². The molecule has 136 valence electrons. The number of anilines is 2. The second kappa shape index (κ2) is 6.13. The van der Waals surface area contributed by atoms with Gasteiger partial charge in [-0.15, -0.1) is 0 Å². The number of nitrogens with zero attached hydrogens (tertiary/aromatic N) is 2. The zero-order valence-corrected chi connectivity index (χ0v) is 15.8. The quantitative estimate of drug-likeness (QED) is 0.833. The Morgan fingerprint density at radius 1 is 1.08 bits per heavy atom. The molecule has 0 unspecified atom stereocenters. The fourth-order valence-electron chi connectivity index (χ4n) is 4.01. The Bertz CT molecular complexity index is 984. The summed E-state index contributed by atoms with van der Waals surface area (Å²) in [4.78, 5) is 14.0. The van der Waals surface area contributed by atoms with Crippen LogP contribution in [0.5, 0.6) is 0 Å². The molecule has 1 saturated heterocycles. The zero-order valence-electron chi connectivity index (χ0n) is 15.0. The molecule has 0 bridgehead atoms. The van der Waals surface area contributed by atoms with Gasteiger partial charge in [0.05, 0.1) is 10.6 Å². The Hall–Kier alpha value is -2.34. The number of hydrogen-bond donors (Lipinski definition) is 0. The summed E-state index contributed by atoms with van der Waals surface area (Å²) in [6.45, 7) is 4.49. The van der Waals surface area contributed by atoms with Gasteiger partial charge in [0.1, 0.15) is 0 Å². The van der Waals surface area contributed by atoms with Crippen LogP contribution in [0.25, 0.3) is 0 Å². The first-order valence-electron chi connectivity index (χ1n) is 8.93. The Labute approximate surface area is 154 Å². The van der Waals surface area contributed by atoms with E-state index in [4.69, 9.17) is 0 Å². The lowest BCUT2D eigenvalue weighted by atomic mass is 10.1. The van der Waals surface area contributed by atoms with Crippen LogP contribution in [-0.2, 0) is 21.2 Å². The summed E-state index contributed by atoms with van der Waals surface area (Å²) in [5.74, 6) is 0.103. The maximum Gasteiger partial charge on any atom is 0.264 e. The Kier molecular flexibility index (Phi) is 4.03. The van der Waals surface area contributed by atoms with Gasteiger partial charge < -0.3 is 4.90 Å². The van der Waals surface area contributed by atoms with E-state index in [0.29, 0.717) is 13.0 Å². The Morgan fingerprint density at radius 2 is 1.85 bits per heavy atom. The van der Waals surface area contributed by atoms with E-state index >= 15 is 0 Å². The van der Waals surface area contributed by atoms with Gasteiger partial charge in [-0.25, -0.2) is 8.42 Å². The number of rotatable bonds is 3. The molecular weight excluding hydrogens is 348 g/mol. The van der Waals surface area contributed by atoms with Crippen LogP contribution in [-0.4, -0.2) is 26.9 Å². The van der Waals surface area contributed by atoms with Crippen molar-refractivity contribution in [2.45, 2.75) is 44.0 Å². The van der Waals surface area contributed by atoms with E-state index in [1.807, 2.05) is 38.1 Å². The first-order valence-corrected chi connectivity index (χ1v) is 10.4. The van der Waals surface area contributed by atoms with Gasteiger partial charge in [-0.05, 0) is 62.1 Å². The van der Waals surface area contributed by atoms with Gasteiger partial charge in [0.15, 0.2) is 0 Å². The van der Waals surface area contributed by atoms with E-state index in [9.17, 15) is 13.2 Å². The maximum atomic E-state index is 13.3. The molecule has 0 aliphatic carbocycles. The summed E-state index contributed by atoms with van der Waals surface area (Å²) in [5.41, 5.74) is 3.43. The van der Waals surface area contributed by atoms with Crippen molar-refractivity contribution in [2.75, 3.05) is 15.7 Å². The van der Waals surface area contributed by atoms with Gasteiger partial charge in [0.25, 0.3) is 10.0 Å². The zero-order chi connectivity index (χ0) is 18.5. The van der Waals surface area contributed by atoms with Gasteiger partial charge in [0.2, 0.25) is 5.91 Å². The van der Waals surface area contributed by atoms with Crippen molar-refractivity contribution in [2.24, 2.45) is 0 Å². The van der Waals surface area contributed by atoms with Gasteiger partial charge in [-0.2, -0.15) is 0 Å². The molecule has 2 aliphatic rings. The van der Waals surface area contributed by atoms with Crippen molar-refractivity contribution < 1.29 is 13.2 Å². The van der Waals surface area contributed by atoms with Crippen LogP contribution in [0.2, 0.25) is 0 Å². The lowest BCUT2D eigenvalue weighted by Gasteiger charge is -2.25. The van der Waals surface area contributed by atoms with E-state index in [1.165, 1.54) is 4.31 Å². The molecule has 0 aromatic heterocycles. The summed E-state index contributed by atoms with van der Waals surface area (Å²) in [6.07, 6.45) is 2.12. The summed E-state index contributed by atoms with van der Waals surface area (Å²) in [7, 11) is -3.65. The highest BCUT2D eigenvalue weighted by Gasteiger charge is 2.36. The van der Waals surface area contributed by atoms with Crippen LogP contribution in [0, 0.1) is 6.92 Å². The minimum Gasteiger partial charge on any atom is -0.312 e. The smallest absolute Gasteiger partial charge is 0.264 e. The number of para-hydroxylation sites is 1. The summed E-state index contributed by atoms with van der Waals surface area (Å²) < 4.78 is 28.1. The third-order valence-corrected chi connectivity index (χ3v) is 7.16. The fraction of sp³-hybridized carbons (Fsp3) is 0.350. The highest BCUT2D eigenvalue weighted by atomic mass is 32.2. The molecule has 0 saturated carbocycles. The highest BCUT2D eigenvalue weighted by Crippen LogP contribution is 2.37. The first kappa shape index (κ1) is 17.1. The van der Waals surface area contributed by atoms with Crippen LogP contribution in [0.4, 0.5) is 11.4 Å². The summed E-state index contributed by atoms with van der Waals surface area (Å²) in [5, 5.41) is 0. The standard InChI is InChI=1S/C20H22N2O3S/c1-14-12-17(9-10-18(14)21-11-5-8-20(21)23)26(24,25)22-15(2)13-16-6-3-4-7-19(16)22/h3-4,6-7,9-10,12,15H,5,8,11,13H2,1-2H3/t15-/m1/s1. The van der Waals surface area contributed by atoms with E-state index in [-0.39, 0.29) is 16.8 Å².